The Morgan fingerprint density at radius 2 is 1.75 bits per heavy atom. The monoisotopic (exact) mass is 323 g/mol. The minimum Gasteiger partial charge on any atom is -0.497 e. The zero-order valence-electron chi connectivity index (χ0n) is 14.3. The van der Waals surface area contributed by atoms with Crippen LogP contribution in [0.25, 0.3) is 6.08 Å². The van der Waals surface area contributed by atoms with E-state index in [2.05, 4.69) is 5.32 Å². The molecule has 0 bridgehead atoms. The number of Topliss-reactive ketones (excluding diaryl/α,β-unsaturated/α-hetero) is 1. The number of hydrogen-bond acceptors (Lipinski definition) is 3. The van der Waals surface area contributed by atoms with Crippen LogP contribution in [0.3, 0.4) is 0 Å². The molecule has 0 saturated carbocycles. The van der Waals surface area contributed by atoms with Gasteiger partial charge in [-0.25, -0.2) is 0 Å². The molecular weight excluding hydrogens is 302 g/mol. The highest BCUT2D eigenvalue weighted by molar-refractivity contribution is 6.03. The van der Waals surface area contributed by atoms with E-state index in [1.807, 2.05) is 26.0 Å². The maximum Gasteiger partial charge on any atom is 0.248 e. The van der Waals surface area contributed by atoms with Crippen LogP contribution >= 0.6 is 0 Å². The molecule has 4 nitrogen and oxygen atoms in total. The Labute approximate surface area is 142 Å². The summed E-state index contributed by atoms with van der Waals surface area (Å²) in [6.45, 7) is 5.45. The Balaban J connectivity index is 2.14. The third kappa shape index (κ3) is 4.32. The molecule has 0 spiro atoms. The van der Waals surface area contributed by atoms with Crippen molar-refractivity contribution >= 4 is 23.5 Å². The smallest absolute Gasteiger partial charge is 0.248 e. The molecule has 1 amide bonds. The number of ketones is 1. The fourth-order valence-electron chi connectivity index (χ4n) is 2.47. The number of benzene rings is 2. The molecule has 0 radical (unpaired) electrons. The first-order chi connectivity index (χ1) is 11.4. The summed E-state index contributed by atoms with van der Waals surface area (Å²) in [6, 6.07) is 10.7. The Morgan fingerprint density at radius 1 is 1.08 bits per heavy atom. The van der Waals surface area contributed by atoms with E-state index in [4.69, 9.17) is 4.74 Å². The van der Waals surface area contributed by atoms with Crippen LogP contribution in [0.15, 0.2) is 42.5 Å². The van der Waals surface area contributed by atoms with Crippen molar-refractivity contribution in [1.29, 1.82) is 0 Å². The fraction of sp³-hybridized carbons (Fsp3) is 0.200. The number of rotatable bonds is 5. The van der Waals surface area contributed by atoms with Crippen molar-refractivity contribution in [1.82, 2.24) is 0 Å². The van der Waals surface area contributed by atoms with Gasteiger partial charge in [0.25, 0.3) is 0 Å². The molecule has 0 aliphatic carbocycles. The van der Waals surface area contributed by atoms with E-state index in [1.54, 1.807) is 37.5 Å². The summed E-state index contributed by atoms with van der Waals surface area (Å²) >= 11 is 0. The third-order valence-corrected chi connectivity index (χ3v) is 3.74. The second-order valence-corrected chi connectivity index (χ2v) is 5.63. The Bertz CT molecular complexity index is 783. The normalized spacial score (nSPS) is 10.7. The number of aryl methyl sites for hydroxylation is 2. The fourth-order valence-corrected chi connectivity index (χ4v) is 2.47. The molecular formula is C20H21NO3. The molecule has 0 saturated heterocycles. The van der Waals surface area contributed by atoms with Gasteiger partial charge in [-0.1, -0.05) is 12.1 Å². The van der Waals surface area contributed by atoms with E-state index in [0.29, 0.717) is 11.3 Å². The molecule has 0 atom stereocenters. The van der Waals surface area contributed by atoms with E-state index in [0.717, 1.165) is 22.4 Å². The van der Waals surface area contributed by atoms with Gasteiger partial charge in [0.1, 0.15) is 5.75 Å². The van der Waals surface area contributed by atoms with Crippen LogP contribution in [-0.4, -0.2) is 18.8 Å². The average Bonchev–Trinajstić information content (AvgIpc) is 2.54. The summed E-state index contributed by atoms with van der Waals surface area (Å²) in [5, 5.41) is 2.77. The summed E-state index contributed by atoms with van der Waals surface area (Å²) < 4.78 is 5.24. The number of nitrogens with one attached hydrogen (secondary N) is 1. The molecule has 0 fully saturated rings. The van der Waals surface area contributed by atoms with Crippen LogP contribution in [-0.2, 0) is 4.79 Å². The Morgan fingerprint density at radius 3 is 2.33 bits per heavy atom. The first-order valence-corrected chi connectivity index (χ1v) is 7.66. The lowest BCUT2D eigenvalue weighted by Gasteiger charge is -2.09. The number of anilines is 1. The lowest BCUT2D eigenvalue weighted by atomic mass is 10.0. The first-order valence-electron chi connectivity index (χ1n) is 7.66. The van der Waals surface area contributed by atoms with Crippen LogP contribution in [0.5, 0.6) is 5.75 Å². The van der Waals surface area contributed by atoms with Gasteiger partial charge >= 0.3 is 0 Å². The predicted molar refractivity (Wildman–Crippen MR) is 96.6 cm³/mol. The van der Waals surface area contributed by atoms with E-state index >= 15 is 0 Å². The molecule has 24 heavy (non-hydrogen) atoms. The van der Waals surface area contributed by atoms with Crippen molar-refractivity contribution in [2.45, 2.75) is 20.8 Å². The number of carbonyl (C=O) groups is 2. The van der Waals surface area contributed by atoms with E-state index < -0.39 is 0 Å². The minimum absolute atomic E-state index is 0.0360. The van der Waals surface area contributed by atoms with Gasteiger partial charge in [0.2, 0.25) is 5.91 Å². The van der Waals surface area contributed by atoms with Gasteiger partial charge in [-0.3, -0.25) is 9.59 Å². The van der Waals surface area contributed by atoms with Crippen molar-refractivity contribution in [3.05, 3.63) is 64.7 Å². The highest BCUT2D eigenvalue weighted by Gasteiger charge is 2.05. The Kier molecular flexibility index (Phi) is 5.53. The van der Waals surface area contributed by atoms with Crippen molar-refractivity contribution in [3.8, 4) is 5.75 Å². The molecule has 2 rings (SSSR count). The molecule has 124 valence electrons. The molecule has 0 aromatic heterocycles. The van der Waals surface area contributed by atoms with Crippen molar-refractivity contribution in [2.75, 3.05) is 12.4 Å². The zero-order chi connectivity index (χ0) is 17.7. The predicted octanol–water partition coefficient (Wildman–Crippen LogP) is 4.17. The van der Waals surface area contributed by atoms with E-state index in [9.17, 15) is 9.59 Å². The van der Waals surface area contributed by atoms with E-state index in [-0.39, 0.29) is 11.7 Å². The molecule has 4 heteroatoms. The molecule has 0 aliphatic heterocycles. The van der Waals surface area contributed by atoms with Crippen LogP contribution in [0.1, 0.15) is 34.0 Å². The number of hydrogen-bond donors (Lipinski definition) is 1. The first kappa shape index (κ1) is 17.5. The largest absolute Gasteiger partial charge is 0.497 e. The number of amides is 1. The zero-order valence-corrected chi connectivity index (χ0v) is 14.3. The number of carbonyl (C=O) groups excluding carboxylic acids is 2. The van der Waals surface area contributed by atoms with Gasteiger partial charge < -0.3 is 10.1 Å². The van der Waals surface area contributed by atoms with Gasteiger partial charge in [-0.15, -0.1) is 0 Å². The standard InChI is InChI=1S/C20H21NO3/c1-13-10-18(24-4)11-14(2)19(13)8-9-20(23)21-17-7-5-6-16(12-17)15(3)22/h5-12H,1-4H3,(H,21,23)/b9-8+. The molecule has 0 aliphatic rings. The van der Waals surface area contributed by atoms with Gasteiger partial charge in [0, 0.05) is 17.3 Å². The van der Waals surface area contributed by atoms with Gasteiger partial charge in [-0.2, -0.15) is 0 Å². The third-order valence-electron chi connectivity index (χ3n) is 3.74. The van der Waals surface area contributed by atoms with Crippen LogP contribution in [0.4, 0.5) is 5.69 Å². The highest BCUT2D eigenvalue weighted by atomic mass is 16.5. The maximum atomic E-state index is 12.1. The lowest BCUT2D eigenvalue weighted by molar-refractivity contribution is -0.111. The van der Waals surface area contributed by atoms with Crippen LogP contribution < -0.4 is 10.1 Å². The summed E-state index contributed by atoms with van der Waals surface area (Å²) in [5.41, 5.74) is 4.23. The van der Waals surface area contributed by atoms with Crippen molar-refractivity contribution in [3.63, 3.8) is 0 Å². The lowest BCUT2D eigenvalue weighted by Crippen LogP contribution is -2.08. The van der Waals surface area contributed by atoms with Gasteiger partial charge in [0.15, 0.2) is 5.78 Å². The second-order valence-electron chi connectivity index (χ2n) is 5.63. The number of methoxy groups -OCH3 is 1. The molecule has 1 N–H and O–H groups in total. The molecule has 0 heterocycles. The SMILES string of the molecule is COc1cc(C)c(/C=C/C(=O)Nc2cccc(C(C)=O)c2)c(C)c1. The minimum atomic E-state index is -0.245. The summed E-state index contributed by atoms with van der Waals surface area (Å²) in [6.07, 6.45) is 3.27. The summed E-state index contributed by atoms with van der Waals surface area (Å²) in [4.78, 5) is 23.5. The highest BCUT2D eigenvalue weighted by Crippen LogP contribution is 2.22. The topological polar surface area (TPSA) is 55.4 Å². The summed E-state index contributed by atoms with van der Waals surface area (Å²) in [7, 11) is 1.63. The molecule has 2 aromatic rings. The average molecular weight is 323 g/mol. The summed E-state index contributed by atoms with van der Waals surface area (Å²) in [5.74, 6) is 0.518. The van der Waals surface area contributed by atoms with Crippen LogP contribution in [0, 0.1) is 13.8 Å². The second kappa shape index (κ2) is 7.59. The molecule has 2 aromatic carbocycles. The number of ether oxygens (including phenoxy) is 1. The molecule has 0 unspecified atom stereocenters. The van der Waals surface area contributed by atoms with Crippen LogP contribution in [0.2, 0.25) is 0 Å². The van der Waals surface area contributed by atoms with Gasteiger partial charge in [0.05, 0.1) is 7.11 Å². The van der Waals surface area contributed by atoms with Gasteiger partial charge in [-0.05, 0) is 67.8 Å². The Hall–Kier alpha value is -2.88. The maximum absolute atomic E-state index is 12.1. The quantitative estimate of drug-likeness (QED) is 0.664. The van der Waals surface area contributed by atoms with Crippen molar-refractivity contribution in [2.24, 2.45) is 0 Å². The van der Waals surface area contributed by atoms with Crippen molar-refractivity contribution < 1.29 is 14.3 Å². The van der Waals surface area contributed by atoms with E-state index in [1.165, 1.54) is 13.0 Å².